The average molecular weight is 330 g/mol. The molecular weight excluding hydrogens is 308 g/mol. The van der Waals surface area contributed by atoms with E-state index in [9.17, 15) is 5.11 Å². The van der Waals surface area contributed by atoms with Crippen molar-refractivity contribution in [2.75, 3.05) is 11.4 Å². The third-order valence-electron chi connectivity index (χ3n) is 5.00. The zero-order valence-corrected chi connectivity index (χ0v) is 14.4. The fourth-order valence-corrected chi connectivity index (χ4v) is 3.52. The number of hydrogen-bond acceptors (Lipinski definition) is 3. The summed E-state index contributed by atoms with van der Waals surface area (Å²) in [5, 5.41) is 10.7. The van der Waals surface area contributed by atoms with Crippen LogP contribution in [0.4, 0.5) is 5.82 Å². The van der Waals surface area contributed by atoms with Crippen molar-refractivity contribution in [1.82, 2.24) is 4.98 Å². The van der Waals surface area contributed by atoms with Gasteiger partial charge >= 0.3 is 0 Å². The largest absolute Gasteiger partial charge is 0.384 e. The Morgan fingerprint density at radius 2 is 1.72 bits per heavy atom. The van der Waals surface area contributed by atoms with E-state index < -0.39 is 6.10 Å². The van der Waals surface area contributed by atoms with E-state index in [1.54, 1.807) is 0 Å². The van der Waals surface area contributed by atoms with Crippen LogP contribution in [0.1, 0.15) is 33.9 Å². The highest BCUT2D eigenvalue weighted by Crippen LogP contribution is 2.28. The van der Waals surface area contributed by atoms with Crippen molar-refractivity contribution in [3.63, 3.8) is 0 Å². The van der Waals surface area contributed by atoms with Gasteiger partial charge in [-0.05, 0) is 41.7 Å². The first-order valence-electron chi connectivity index (χ1n) is 8.73. The number of anilines is 1. The smallest absolute Gasteiger partial charge is 0.129 e. The zero-order valence-electron chi connectivity index (χ0n) is 14.4. The molecule has 0 unspecified atom stereocenters. The quantitative estimate of drug-likeness (QED) is 0.787. The van der Waals surface area contributed by atoms with Gasteiger partial charge in [-0.3, -0.25) is 0 Å². The van der Waals surface area contributed by atoms with Gasteiger partial charge in [0.2, 0.25) is 0 Å². The van der Waals surface area contributed by atoms with Gasteiger partial charge in [-0.1, -0.05) is 54.6 Å². The summed E-state index contributed by atoms with van der Waals surface area (Å²) in [6.07, 6.45) is 2.23. The van der Waals surface area contributed by atoms with Crippen molar-refractivity contribution in [3.8, 4) is 0 Å². The summed E-state index contributed by atoms with van der Waals surface area (Å²) >= 11 is 0. The zero-order chi connectivity index (χ0) is 17.2. The third kappa shape index (κ3) is 3.15. The van der Waals surface area contributed by atoms with Gasteiger partial charge in [0.25, 0.3) is 0 Å². The van der Waals surface area contributed by atoms with Crippen molar-refractivity contribution in [2.45, 2.75) is 26.0 Å². The lowest BCUT2D eigenvalue weighted by molar-refractivity contribution is 0.219. The van der Waals surface area contributed by atoms with Crippen molar-refractivity contribution >= 4 is 5.82 Å². The molecule has 0 aliphatic carbocycles. The summed E-state index contributed by atoms with van der Waals surface area (Å²) in [6, 6.07) is 20.4. The number of aliphatic hydroxyl groups is 1. The van der Waals surface area contributed by atoms with Gasteiger partial charge < -0.3 is 10.0 Å². The van der Waals surface area contributed by atoms with Gasteiger partial charge in [-0.2, -0.15) is 0 Å². The third-order valence-corrected chi connectivity index (χ3v) is 5.00. The minimum atomic E-state index is -0.634. The van der Waals surface area contributed by atoms with E-state index in [-0.39, 0.29) is 0 Å². The lowest BCUT2D eigenvalue weighted by atomic mass is 9.98. The molecule has 4 rings (SSSR count). The number of hydrogen-bond donors (Lipinski definition) is 1. The van der Waals surface area contributed by atoms with Crippen LogP contribution >= 0.6 is 0 Å². The Bertz CT molecular complexity index is 876. The van der Waals surface area contributed by atoms with Gasteiger partial charge in [0, 0.05) is 24.8 Å². The van der Waals surface area contributed by atoms with Crippen molar-refractivity contribution < 1.29 is 5.11 Å². The van der Waals surface area contributed by atoms with Crippen LogP contribution < -0.4 is 4.90 Å². The van der Waals surface area contributed by atoms with Gasteiger partial charge in [0.05, 0.1) is 0 Å². The number of aliphatic hydroxyl groups excluding tert-OH is 1. The minimum Gasteiger partial charge on any atom is -0.384 e. The molecule has 2 aromatic carbocycles. The molecule has 2 heterocycles. The van der Waals surface area contributed by atoms with Crippen LogP contribution in [0.25, 0.3) is 0 Å². The van der Waals surface area contributed by atoms with Crippen molar-refractivity contribution in [1.29, 1.82) is 0 Å². The van der Waals surface area contributed by atoms with Gasteiger partial charge in [-0.25, -0.2) is 4.98 Å². The highest BCUT2D eigenvalue weighted by atomic mass is 16.3. The number of nitrogens with zero attached hydrogens (tertiary/aromatic N) is 2. The fourth-order valence-electron chi connectivity index (χ4n) is 3.52. The molecule has 1 aliphatic rings. The molecule has 0 bridgehead atoms. The number of fused-ring (bicyclic) bond motifs is 1. The minimum absolute atomic E-state index is 0.634. The van der Waals surface area contributed by atoms with E-state index in [4.69, 9.17) is 0 Å². The second-order valence-corrected chi connectivity index (χ2v) is 6.65. The normalized spacial score (nSPS) is 14.9. The van der Waals surface area contributed by atoms with Crippen molar-refractivity contribution in [3.05, 3.63) is 94.7 Å². The molecule has 126 valence electrons. The molecule has 0 spiro atoms. The van der Waals surface area contributed by atoms with E-state index in [2.05, 4.69) is 40.2 Å². The van der Waals surface area contributed by atoms with E-state index in [0.717, 1.165) is 42.0 Å². The summed E-state index contributed by atoms with van der Waals surface area (Å²) in [5.41, 5.74) is 5.65. The molecular formula is C22H22N2O. The predicted octanol–water partition coefficient (Wildman–Crippen LogP) is 4.03. The van der Waals surface area contributed by atoms with Gasteiger partial charge in [0.15, 0.2) is 0 Å². The fraction of sp³-hybridized carbons (Fsp3) is 0.227. The molecule has 1 atom stereocenters. The molecule has 1 aliphatic heterocycles. The second kappa shape index (κ2) is 6.69. The predicted molar refractivity (Wildman–Crippen MR) is 101 cm³/mol. The molecule has 1 N–H and O–H groups in total. The lowest BCUT2D eigenvalue weighted by Gasteiger charge is -2.30. The lowest BCUT2D eigenvalue weighted by Crippen LogP contribution is -2.31. The number of benzene rings is 2. The Labute approximate surface area is 148 Å². The van der Waals surface area contributed by atoms with E-state index in [1.165, 1.54) is 11.1 Å². The highest BCUT2D eigenvalue weighted by molar-refractivity contribution is 5.48. The van der Waals surface area contributed by atoms with Gasteiger partial charge in [-0.15, -0.1) is 0 Å². The highest BCUT2D eigenvalue weighted by Gasteiger charge is 2.19. The van der Waals surface area contributed by atoms with Crippen LogP contribution in [0.15, 0.2) is 66.9 Å². The SMILES string of the molecule is Cc1cc(N2CCc3ccccc3C2)ncc1[C@H](O)c1ccccc1. The van der Waals surface area contributed by atoms with E-state index in [1.807, 2.05) is 43.5 Å². The molecule has 0 radical (unpaired) electrons. The summed E-state index contributed by atoms with van der Waals surface area (Å²) < 4.78 is 0. The molecule has 0 amide bonds. The first-order valence-corrected chi connectivity index (χ1v) is 8.73. The number of rotatable bonds is 3. The topological polar surface area (TPSA) is 36.4 Å². The molecule has 3 heteroatoms. The summed E-state index contributed by atoms with van der Waals surface area (Å²) in [6.45, 7) is 3.91. The average Bonchev–Trinajstić information content (AvgIpc) is 2.67. The van der Waals surface area contributed by atoms with E-state index in [0.29, 0.717) is 0 Å². The standard InChI is InChI=1S/C22H22N2O/c1-16-13-21(24-12-11-17-7-5-6-10-19(17)15-24)23-14-20(16)22(25)18-8-3-2-4-9-18/h2-10,13-14,22,25H,11-12,15H2,1H3/t22-/m1/s1. The van der Waals surface area contributed by atoms with Crippen LogP contribution in [0.2, 0.25) is 0 Å². The number of pyridine rings is 1. The molecule has 25 heavy (non-hydrogen) atoms. The Morgan fingerprint density at radius 1 is 1.00 bits per heavy atom. The Hall–Kier alpha value is -2.65. The first kappa shape index (κ1) is 15.9. The van der Waals surface area contributed by atoms with Crippen molar-refractivity contribution in [2.24, 2.45) is 0 Å². The van der Waals surface area contributed by atoms with Crippen LogP contribution in [0, 0.1) is 6.92 Å². The van der Waals surface area contributed by atoms with Crippen LogP contribution in [0.3, 0.4) is 0 Å². The molecule has 3 aromatic rings. The van der Waals surface area contributed by atoms with E-state index >= 15 is 0 Å². The van der Waals surface area contributed by atoms with Gasteiger partial charge in [0.1, 0.15) is 11.9 Å². The molecule has 3 nitrogen and oxygen atoms in total. The van der Waals surface area contributed by atoms with Crippen LogP contribution in [0.5, 0.6) is 0 Å². The summed E-state index contributed by atoms with van der Waals surface area (Å²) in [4.78, 5) is 6.96. The monoisotopic (exact) mass is 330 g/mol. The van der Waals surface area contributed by atoms with Crippen LogP contribution in [-0.2, 0) is 13.0 Å². The maximum absolute atomic E-state index is 10.7. The maximum atomic E-state index is 10.7. The molecule has 0 fully saturated rings. The number of aryl methyl sites for hydroxylation is 1. The number of aromatic nitrogens is 1. The summed E-state index contributed by atoms with van der Waals surface area (Å²) in [7, 11) is 0. The Morgan fingerprint density at radius 3 is 2.48 bits per heavy atom. The maximum Gasteiger partial charge on any atom is 0.129 e. The molecule has 1 aromatic heterocycles. The first-order chi connectivity index (χ1) is 12.2. The summed E-state index contributed by atoms with van der Waals surface area (Å²) in [5.74, 6) is 0.982. The Kier molecular flexibility index (Phi) is 4.24. The molecule has 0 saturated heterocycles. The molecule has 0 saturated carbocycles. The second-order valence-electron chi connectivity index (χ2n) is 6.65. The van der Waals surface area contributed by atoms with Crippen LogP contribution in [-0.4, -0.2) is 16.6 Å². The Balaban J connectivity index is 1.58.